The Morgan fingerprint density at radius 3 is 2.81 bits per heavy atom. The molecule has 0 radical (unpaired) electrons. The Balaban J connectivity index is 1.62. The van der Waals surface area contributed by atoms with Crippen LogP contribution in [0.4, 0.5) is 4.39 Å². The third-order valence-electron chi connectivity index (χ3n) is 6.13. The second-order valence-electron chi connectivity index (χ2n) is 8.16. The lowest BCUT2D eigenvalue weighted by molar-refractivity contribution is 0.0963. The minimum atomic E-state index is -0.281. The normalized spacial score (nSPS) is 15.9. The molecule has 2 aromatic carbocycles. The van der Waals surface area contributed by atoms with Crippen LogP contribution in [0.3, 0.4) is 0 Å². The van der Waals surface area contributed by atoms with Crippen molar-refractivity contribution < 1.29 is 9.18 Å². The van der Waals surface area contributed by atoms with E-state index in [0.29, 0.717) is 28.1 Å². The molecule has 5 rings (SSSR count). The number of aryl methyl sites for hydroxylation is 1. The van der Waals surface area contributed by atoms with Gasteiger partial charge in [-0.1, -0.05) is 24.3 Å². The Hall–Kier alpha value is -3.58. The standard InChI is InChI=1S/C25H24FN5O/c1-14-10-15(20-8-5-9-28-20)11-19(26)23(14)21-12-18-22(13-29-21)30-31-24(18)16-6-3-4-7-17(16)25(32)27-2/h3-4,6-7,10-13,20,28H,5,8-9H2,1-2H3,(H,27,32)(H,30,31). The molecule has 1 saturated heterocycles. The average Bonchev–Trinajstić information content (AvgIpc) is 3.48. The number of H-pyrrole nitrogens is 1. The lowest BCUT2D eigenvalue weighted by Gasteiger charge is -2.15. The van der Waals surface area contributed by atoms with Gasteiger partial charge in [-0.25, -0.2) is 4.39 Å². The van der Waals surface area contributed by atoms with Crippen LogP contribution in [0.25, 0.3) is 33.4 Å². The van der Waals surface area contributed by atoms with E-state index in [4.69, 9.17) is 0 Å². The number of pyridine rings is 1. The van der Waals surface area contributed by atoms with Crippen molar-refractivity contribution in [1.82, 2.24) is 25.8 Å². The molecule has 162 valence electrons. The first-order valence-electron chi connectivity index (χ1n) is 10.8. The monoisotopic (exact) mass is 429 g/mol. The zero-order chi connectivity index (χ0) is 22.2. The first kappa shape index (κ1) is 20.3. The Morgan fingerprint density at radius 1 is 1.22 bits per heavy atom. The van der Waals surface area contributed by atoms with E-state index >= 15 is 4.39 Å². The average molecular weight is 429 g/mol. The summed E-state index contributed by atoms with van der Waals surface area (Å²) in [4.78, 5) is 16.9. The highest BCUT2D eigenvalue weighted by molar-refractivity contribution is 6.04. The molecule has 1 aliphatic heterocycles. The molecule has 2 aromatic heterocycles. The van der Waals surface area contributed by atoms with Crippen LogP contribution < -0.4 is 10.6 Å². The Morgan fingerprint density at radius 2 is 2.06 bits per heavy atom. The summed E-state index contributed by atoms with van der Waals surface area (Å²) >= 11 is 0. The van der Waals surface area contributed by atoms with Crippen molar-refractivity contribution in [3.63, 3.8) is 0 Å². The number of hydrogen-bond donors (Lipinski definition) is 3. The van der Waals surface area contributed by atoms with Crippen molar-refractivity contribution in [2.45, 2.75) is 25.8 Å². The highest BCUT2D eigenvalue weighted by Crippen LogP contribution is 2.35. The van der Waals surface area contributed by atoms with E-state index in [-0.39, 0.29) is 17.8 Å². The summed E-state index contributed by atoms with van der Waals surface area (Å²) in [5.74, 6) is -0.472. The van der Waals surface area contributed by atoms with Crippen molar-refractivity contribution in [3.05, 3.63) is 71.2 Å². The molecule has 1 aliphatic rings. The number of halogens is 1. The number of hydrogen-bond acceptors (Lipinski definition) is 4. The quantitative estimate of drug-likeness (QED) is 0.445. The molecule has 1 fully saturated rings. The van der Waals surface area contributed by atoms with Gasteiger partial charge >= 0.3 is 0 Å². The predicted octanol–water partition coefficient (Wildman–Crippen LogP) is 4.52. The van der Waals surface area contributed by atoms with Crippen LogP contribution in [0, 0.1) is 12.7 Å². The number of rotatable bonds is 4. The van der Waals surface area contributed by atoms with Gasteiger partial charge in [-0.15, -0.1) is 0 Å². The van der Waals surface area contributed by atoms with Gasteiger partial charge in [0.15, 0.2) is 0 Å². The van der Waals surface area contributed by atoms with Gasteiger partial charge in [-0.05, 0) is 55.6 Å². The molecule has 1 atom stereocenters. The molecule has 6 nitrogen and oxygen atoms in total. The third kappa shape index (κ3) is 3.44. The molecule has 1 amide bonds. The highest BCUT2D eigenvalue weighted by Gasteiger charge is 2.21. The Kier molecular flexibility index (Phi) is 5.19. The number of carbonyl (C=O) groups is 1. The van der Waals surface area contributed by atoms with Crippen LogP contribution in [-0.4, -0.2) is 34.7 Å². The van der Waals surface area contributed by atoms with Crippen molar-refractivity contribution in [3.8, 4) is 22.5 Å². The SMILES string of the molecule is CNC(=O)c1ccccc1-c1n[nH]c2cnc(-c3c(C)cc(C4CCCN4)cc3F)cc12. The first-order valence-corrected chi connectivity index (χ1v) is 10.8. The molecule has 1 unspecified atom stereocenters. The number of aromatic nitrogens is 3. The zero-order valence-electron chi connectivity index (χ0n) is 18.0. The van der Waals surface area contributed by atoms with Gasteiger partial charge in [0.2, 0.25) is 0 Å². The van der Waals surface area contributed by atoms with Crippen LogP contribution in [-0.2, 0) is 0 Å². The Bertz CT molecular complexity index is 1300. The van der Waals surface area contributed by atoms with Gasteiger partial charge < -0.3 is 10.6 Å². The molecule has 32 heavy (non-hydrogen) atoms. The molecule has 0 bridgehead atoms. The second kappa shape index (κ2) is 8.16. The number of nitrogens with one attached hydrogen (secondary N) is 3. The van der Waals surface area contributed by atoms with E-state index in [0.717, 1.165) is 41.4 Å². The van der Waals surface area contributed by atoms with Crippen molar-refractivity contribution >= 4 is 16.8 Å². The third-order valence-corrected chi connectivity index (χ3v) is 6.13. The summed E-state index contributed by atoms with van der Waals surface area (Å²) in [5.41, 5.74) is 5.43. The second-order valence-corrected chi connectivity index (χ2v) is 8.16. The largest absolute Gasteiger partial charge is 0.355 e. The van der Waals surface area contributed by atoms with E-state index in [1.165, 1.54) is 0 Å². The van der Waals surface area contributed by atoms with Gasteiger partial charge in [-0.2, -0.15) is 5.10 Å². The summed E-state index contributed by atoms with van der Waals surface area (Å²) in [7, 11) is 1.60. The number of amides is 1. The van der Waals surface area contributed by atoms with Crippen molar-refractivity contribution in [2.24, 2.45) is 0 Å². The Labute approximate surface area is 185 Å². The molecule has 0 spiro atoms. The van der Waals surface area contributed by atoms with E-state index in [1.54, 1.807) is 25.4 Å². The fourth-order valence-corrected chi connectivity index (χ4v) is 4.55. The summed E-state index contributed by atoms with van der Waals surface area (Å²) in [6.07, 6.45) is 3.78. The topological polar surface area (TPSA) is 82.7 Å². The number of fused-ring (bicyclic) bond motifs is 1. The van der Waals surface area contributed by atoms with Crippen LogP contribution in [0.5, 0.6) is 0 Å². The van der Waals surface area contributed by atoms with Gasteiger partial charge in [-0.3, -0.25) is 14.9 Å². The summed E-state index contributed by atoms with van der Waals surface area (Å²) in [5, 5.41) is 14.3. The molecule has 7 heteroatoms. The van der Waals surface area contributed by atoms with E-state index < -0.39 is 0 Å². The maximum absolute atomic E-state index is 15.3. The van der Waals surface area contributed by atoms with Gasteiger partial charge in [0, 0.05) is 35.2 Å². The highest BCUT2D eigenvalue weighted by atomic mass is 19.1. The predicted molar refractivity (Wildman–Crippen MR) is 123 cm³/mol. The van der Waals surface area contributed by atoms with Gasteiger partial charge in [0.05, 0.1) is 17.4 Å². The smallest absolute Gasteiger partial charge is 0.251 e. The molecular formula is C25H24FN5O. The zero-order valence-corrected chi connectivity index (χ0v) is 18.0. The van der Waals surface area contributed by atoms with Crippen LogP contribution >= 0.6 is 0 Å². The summed E-state index contributed by atoms with van der Waals surface area (Å²) < 4.78 is 15.3. The molecule has 0 saturated carbocycles. The fourth-order valence-electron chi connectivity index (χ4n) is 4.55. The minimum absolute atomic E-state index is 0.191. The van der Waals surface area contributed by atoms with Gasteiger partial charge in [0.1, 0.15) is 11.5 Å². The van der Waals surface area contributed by atoms with Crippen molar-refractivity contribution in [2.75, 3.05) is 13.6 Å². The van der Waals surface area contributed by atoms with Crippen LogP contribution in [0.1, 0.15) is 40.4 Å². The maximum atomic E-state index is 15.3. The van der Waals surface area contributed by atoms with E-state index in [1.807, 2.05) is 37.3 Å². The molecule has 3 heterocycles. The molecule has 4 aromatic rings. The minimum Gasteiger partial charge on any atom is -0.355 e. The molecule has 3 N–H and O–H groups in total. The lowest BCUT2D eigenvalue weighted by atomic mass is 9.96. The van der Waals surface area contributed by atoms with Crippen LogP contribution in [0.2, 0.25) is 0 Å². The van der Waals surface area contributed by atoms with Gasteiger partial charge in [0.25, 0.3) is 5.91 Å². The number of benzene rings is 2. The van der Waals surface area contributed by atoms with Crippen molar-refractivity contribution in [1.29, 1.82) is 0 Å². The van der Waals surface area contributed by atoms with E-state index in [9.17, 15) is 4.79 Å². The number of aromatic amines is 1. The first-order chi connectivity index (χ1) is 15.6. The number of carbonyl (C=O) groups excluding carboxylic acids is 1. The molecular weight excluding hydrogens is 405 g/mol. The molecule has 0 aliphatic carbocycles. The maximum Gasteiger partial charge on any atom is 0.251 e. The number of nitrogens with zero attached hydrogens (tertiary/aromatic N) is 2. The lowest BCUT2D eigenvalue weighted by Crippen LogP contribution is -2.18. The summed E-state index contributed by atoms with van der Waals surface area (Å²) in [6, 6.07) is 13.0. The fraction of sp³-hybridized carbons (Fsp3) is 0.240. The summed E-state index contributed by atoms with van der Waals surface area (Å²) in [6.45, 7) is 2.88. The van der Waals surface area contributed by atoms with E-state index in [2.05, 4.69) is 25.8 Å². The van der Waals surface area contributed by atoms with Crippen LogP contribution in [0.15, 0.2) is 48.7 Å².